The van der Waals surface area contributed by atoms with Gasteiger partial charge in [0.25, 0.3) is 0 Å². The summed E-state index contributed by atoms with van der Waals surface area (Å²) in [6.45, 7) is 0. The lowest BCUT2D eigenvalue weighted by molar-refractivity contribution is 0.353. The Kier molecular flexibility index (Phi) is 7.04. The fourth-order valence-electron chi connectivity index (χ4n) is 8.09. The first-order valence-corrected chi connectivity index (χ1v) is 17.0. The van der Waals surface area contributed by atoms with Crippen molar-refractivity contribution in [3.05, 3.63) is 163 Å². The van der Waals surface area contributed by atoms with Crippen molar-refractivity contribution in [1.82, 2.24) is 15.0 Å². The molecule has 2 aliphatic rings. The van der Waals surface area contributed by atoms with Crippen molar-refractivity contribution in [2.24, 2.45) is 0 Å². The van der Waals surface area contributed by atoms with Crippen LogP contribution in [0.2, 0.25) is 0 Å². The van der Waals surface area contributed by atoms with Gasteiger partial charge in [0.15, 0.2) is 0 Å². The number of fused-ring (bicyclic) bond motifs is 5. The van der Waals surface area contributed by atoms with Gasteiger partial charge in [-0.15, -0.1) is 0 Å². The molecular weight excluding hydrogens is 583 g/mol. The minimum absolute atomic E-state index is 0.197. The van der Waals surface area contributed by atoms with Gasteiger partial charge in [-0.05, 0) is 105 Å². The van der Waals surface area contributed by atoms with Gasteiger partial charge in [-0.3, -0.25) is 9.97 Å². The van der Waals surface area contributed by atoms with Crippen LogP contribution in [0.3, 0.4) is 0 Å². The molecule has 1 fully saturated rings. The first-order chi connectivity index (χ1) is 23.7. The van der Waals surface area contributed by atoms with Crippen LogP contribution in [0.25, 0.3) is 67.0 Å². The van der Waals surface area contributed by atoms with Gasteiger partial charge in [0, 0.05) is 46.9 Å². The molecule has 3 nitrogen and oxygen atoms in total. The zero-order valence-corrected chi connectivity index (χ0v) is 26.8. The van der Waals surface area contributed by atoms with Gasteiger partial charge in [-0.2, -0.15) is 0 Å². The second-order valence-corrected chi connectivity index (χ2v) is 13.2. The second-order valence-electron chi connectivity index (χ2n) is 13.2. The molecule has 48 heavy (non-hydrogen) atoms. The topological polar surface area (TPSA) is 38.7 Å². The smallest absolute Gasteiger partial charge is 0.0731 e. The van der Waals surface area contributed by atoms with Gasteiger partial charge in [-0.25, -0.2) is 4.98 Å². The summed E-state index contributed by atoms with van der Waals surface area (Å²) in [6.07, 6.45) is 13.9. The van der Waals surface area contributed by atoms with Crippen molar-refractivity contribution in [3.63, 3.8) is 0 Å². The summed E-state index contributed by atoms with van der Waals surface area (Å²) in [7, 11) is 0. The largest absolute Gasteiger partial charge is 0.264 e. The highest BCUT2D eigenvalue weighted by atomic mass is 14.7. The molecule has 0 bridgehead atoms. The standard InChI is InChI=1S/C45H35N3/c1-4-21-45(22-5-1)41-14-3-2-13-39(41)40-26-34(19-20-42(40)45)32-17-15-31(16-18-32)33-9-6-10-35(25-33)43-27-38(36-11-7-23-46-29-36)28-44(48-43)37-12-8-24-47-30-37/h2-3,6-20,23-30H,1,4-5,21-22H2. The van der Waals surface area contributed by atoms with Crippen LogP contribution < -0.4 is 0 Å². The Labute approximate surface area is 282 Å². The highest BCUT2D eigenvalue weighted by Crippen LogP contribution is 2.56. The molecule has 0 amide bonds. The van der Waals surface area contributed by atoms with E-state index in [0.717, 1.165) is 39.2 Å². The molecule has 7 aromatic rings. The average molecular weight is 618 g/mol. The van der Waals surface area contributed by atoms with E-state index in [-0.39, 0.29) is 5.41 Å². The molecule has 3 heterocycles. The van der Waals surface area contributed by atoms with Crippen molar-refractivity contribution in [2.45, 2.75) is 37.5 Å². The molecule has 4 aromatic carbocycles. The summed E-state index contributed by atoms with van der Waals surface area (Å²) in [4.78, 5) is 13.8. The predicted octanol–water partition coefficient (Wildman–Crippen LogP) is 11.4. The van der Waals surface area contributed by atoms with E-state index < -0.39 is 0 Å². The molecule has 3 aromatic heterocycles. The van der Waals surface area contributed by atoms with E-state index in [1.165, 1.54) is 65.5 Å². The summed E-state index contributed by atoms with van der Waals surface area (Å²) < 4.78 is 0. The third-order valence-corrected chi connectivity index (χ3v) is 10.5. The van der Waals surface area contributed by atoms with Gasteiger partial charge in [-0.1, -0.05) is 104 Å². The maximum atomic E-state index is 5.10. The van der Waals surface area contributed by atoms with Gasteiger partial charge in [0.05, 0.1) is 11.4 Å². The van der Waals surface area contributed by atoms with E-state index in [2.05, 4.69) is 125 Å². The number of hydrogen-bond donors (Lipinski definition) is 0. The molecular formula is C45H35N3. The summed E-state index contributed by atoms with van der Waals surface area (Å²) in [6, 6.07) is 46.4. The minimum atomic E-state index is 0.197. The van der Waals surface area contributed by atoms with Crippen LogP contribution in [0, 0.1) is 0 Å². The van der Waals surface area contributed by atoms with Gasteiger partial charge >= 0.3 is 0 Å². The SMILES string of the molecule is c1cncc(-c2cc(-c3cccnc3)nc(-c3cccc(-c4ccc(-c5ccc6c(c5)-c5ccccc5C65CCCCC5)cc4)c3)c2)c1. The van der Waals surface area contributed by atoms with Gasteiger partial charge < -0.3 is 0 Å². The van der Waals surface area contributed by atoms with Crippen molar-refractivity contribution in [2.75, 3.05) is 0 Å². The fourth-order valence-corrected chi connectivity index (χ4v) is 8.09. The Balaban J connectivity index is 1.05. The minimum Gasteiger partial charge on any atom is -0.264 e. The lowest BCUT2D eigenvalue weighted by Crippen LogP contribution is -2.27. The van der Waals surface area contributed by atoms with Crippen LogP contribution >= 0.6 is 0 Å². The van der Waals surface area contributed by atoms with E-state index >= 15 is 0 Å². The van der Waals surface area contributed by atoms with E-state index in [9.17, 15) is 0 Å². The Morgan fingerprint density at radius 3 is 1.73 bits per heavy atom. The Morgan fingerprint density at radius 1 is 0.396 bits per heavy atom. The van der Waals surface area contributed by atoms with Gasteiger partial charge in [0.2, 0.25) is 0 Å². The third-order valence-electron chi connectivity index (χ3n) is 10.5. The molecule has 2 aliphatic carbocycles. The lowest BCUT2D eigenvalue weighted by atomic mass is 9.68. The molecule has 0 atom stereocenters. The number of benzene rings is 4. The fraction of sp³-hybridized carbons (Fsp3) is 0.133. The van der Waals surface area contributed by atoms with Crippen molar-refractivity contribution >= 4 is 0 Å². The van der Waals surface area contributed by atoms with Crippen LogP contribution in [0.15, 0.2) is 152 Å². The normalized spacial score (nSPS) is 14.4. The molecule has 0 aliphatic heterocycles. The highest BCUT2D eigenvalue weighted by molar-refractivity contribution is 5.85. The molecule has 1 saturated carbocycles. The first kappa shape index (κ1) is 28.5. The molecule has 0 saturated heterocycles. The predicted molar refractivity (Wildman–Crippen MR) is 196 cm³/mol. The zero-order chi connectivity index (χ0) is 31.9. The molecule has 9 rings (SSSR count). The molecule has 1 spiro atoms. The quantitative estimate of drug-likeness (QED) is 0.193. The van der Waals surface area contributed by atoms with Crippen LogP contribution in [-0.4, -0.2) is 15.0 Å². The summed E-state index contributed by atoms with van der Waals surface area (Å²) in [5, 5.41) is 0. The molecule has 0 unspecified atom stereocenters. The average Bonchev–Trinajstić information content (AvgIpc) is 3.43. The zero-order valence-electron chi connectivity index (χ0n) is 26.8. The van der Waals surface area contributed by atoms with Gasteiger partial charge in [0.1, 0.15) is 0 Å². The van der Waals surface area contributed by atoms with Crippen LogP contribution in [0.4, 0.5) is 0 Å². The summed E-state index contributed by atoms with van der Waals surface area (Å²) in [5.41, 5.74) is 17.0. The maximum Gasteiger partial charge on any atom is 0.0731 e. The Hall–Kier alpha value is -5.67. The lowest BCUT2D eigenvalue weighted by Gasteiger charge is -2.36. The third kappa shape index (κ3) is 4.94. The van der Waals surface area contributed by atoms with E-state index in [4.69, 9.17) is 4.98 Å². The Morgan fingerprint density at radius 2 is 1.00 bits per heavy atom. The van der Waals surface area contributed by atoms with Crippen LogP contribution in [0.5, 0.6) is 0 Å². The number of pyridine rings is 3. The van der Waals surface area contributed by atoms with Crippen LogP contribution in [-0.2, 0) is 5.41 Å². The first-order valence-electron chi connectivity index (χ1n) is 17.0. The Bertz CT molecular complexity index is 2190. The van der Waals surface area contributed by atoms with Crippen molar-refractivity contribution in [1.29, 1.82) is 0 Å². The number of hydrogen-bond acceptors (Lipinski definition) is 3. The van der Waals surface area contributed by atoms with E-state index in [1.54, 1.807) is 18.0 Å². The molecule has 3 heteroatoms. The molecule has 230 valence electrons. The second kappa shape index (κ2) is 11.8. The maximum absolute atomic E-state index is 5.10. The summed E-state index contributed by atoms with van der Waals surface area (Å²) >= 11 is 0. The summed E-state index contributed by atoms with van der Waals surface area (Å²) in [5.74, 6) is 0. The number of rotatable bonds is 5. The molecule has 0 radical (unpaired) electrons. The number of nitrogens with zero attached hydrogens (tertiary/aromatic N) is 3. The van der Waals surface area contributed by atoms with Crippen molar-refractivity contribution in [3.8, 4) is 67.0 Å². The van der Waals surface area contributed by atoms with E-state index in [0.29, 0.717) is 0 Å². The van der Waals surface area contributed by atoms with E-state index in [1.807, 2.05) is 24.5 Å². The monoisotopic (exact) mass is 617 g/mol. The van der Waals surface area contributed by atoms with Crippen molar-refractivity contribution < 1.29 is 0 Å². The highest BCUT2D eigenvalue weighted by Gasteiger charge is 2.43. The van der Waals surface area contributed by atoms with Crippen LogP contribution in [0.1, 0.15) is 43.2 Å². The number of aromatic nitrogens is 3. The molecule has 0 N–H and O–H groups in total.